The molecule has 1 fully saturated rings. The molecule has 2 N–H and O–H groups in total. The average molecular weight is 335 g/mol. The van der Waals surface area contributed by atoms with Gasteiger partial charge in [-0.25, -0.2) is 13.1 Å². The van der Waals surface area contributed by atoms with Crippen molar-refractivity contribution in [2.45, 2.75) is 17.7 Å². The maximum Gasteiger partial charge on any atom is 0.311 e. The van der Waals surface area contributed by atoms with Crippen molar-refractivity contribution in [3.63, 3.8) is 0 Å². The van der Waals surface area contributed by atoms with Crippen molar-refractivity contribution in [2.75, 3.05) is 19.8 Å². The number of sulfonamides is 1. The molecule has 0 aliphatic carbocycles. The summed E-state index contributed by atoms with van der Waals surface area (Å²) in [6.07, 6.45) is 3.00. The molecule has 0 amide bonds. The molecule has 2 rings (SSSR count). The number of rotatable bonds is 5. The number of carbonyl (C=O) groups is 1. The van der Waals surface area contributed by atoms with Gasteiger partial charge in [0.25, 0.3) is 0 Å². The number of hydrogen-bond donors (Lipinski definition) is 2. The molecule has 0 radical (unpaired) electrons. The molecule has 9 heteroatoms. The van der Waals surface area contributed by atoms with Gasteiger partial charge in [-0.3, -0.25) is 9.78 Å². The van der Waals surface area contributed by atoms with Gasteiger partial charge in [-0.15, -0.1) is 0 Å². The SMILES string of the molecule is O=C(O)C1(CNS(=O)(=O)c2cncc(Cl)c2)CCOCC1. The molecule has 1 saturated heterocycles. The van der Waals surface area contributed by atoms with E-state index < -0.39 is 21.4 Å². The lowest BCUT2D eigenvalue weighted by Crippen LogP contribution is -2.46. The van der Waals surface area contributed by atoms with Crippen LogP contribution in [0.2, 0.25) is 5.02 Å². The number of ether oxygens (including phenoxy) is 1. The Morgan fingerprint density at radius 1 is 1.43 bits per heavy atom. The van der Waals surface area contributed by atoms with E-state index >= 15 is 0 Å². The van der Waals surface area contributed by atoms with Crippen molar-refractivity contribution >= 4 is 27.6 Å². The highest BCUT2D eigenvalue weighted by molar-refractivity contribution is 7.89. The molecular weight excluding hydrogens is 320 g/mol. The van der Waals surface area contributed by atoms with Crippen molar-refractivity contribution in [3.8, 4) is 0 Å². The minimum Gasteiger partial charge on any atom is -0.481 e. The van der Waals surface area contributed by atoms with Gasteiger partial charge >= 0.3 is 5.97 Å². The first kappa shape index (κ1) is 16.2. The van der Waals surface area contributed by atoms with Crippen LogP contribution in [-0.2, 0) is 19.6 Å². The molecule has 21 heavy (non-hydrogen) atoms. The summed E-state index contributed by atoms with van der Waals surface area (Å²) in [6.45, 7) is 0.403. The molecule has 116 valence electrons. The van der Waals surface area contributed by atoms with Crippen LogP contribution < -0.4 is 4.72 Å². The summed E-state index contributed by atoms with van der Waals surface area (Å²) in [4.78, 5) is 15.1. The van der Waals surface area contributed by atoms with Crippen LogP contribution in [0.25, 0.3) is 0 Å². The molecule has 0 atom stereocenters. The highest BCUT2D eigenvalue weighted by atomic mass is 35.5. The Bertz CT molecular complexity index is 628. The number of carboxylic acid groups (broad SMARTS) is 1. The zero-order chi connectivity index (χ0) is 15.5. The van der Waals surface area contributed by atoms with E-state index in [0.29, 0.717) is 13.2 Å². The molecule has 0 saturated carbocycles. The maximum atomic E-state index is 12.2. The Morgan fingerprint density at radius 3 is 2.67 bits per heavy atom. The molecule has 2 heterocycles. The monoisotopic (exact) mass is 334 g/mol. The third-order valence-electron chi connectivity index (χ3n) is 3.49. The van der Waals surface area contributed by atoms with Crippen LogP contribution in [-0.4, -0.2) is 44.2 Å². The fourth-order valence-corrected chi connectivity index (χ4v) is 3.44. The number of carboxylic acids is 1. The van der Waals surface area contributed by atoms with Crippen molar-refractivity contribution < 1.29 is 23.1 Å². The number of hydrogen-bond acceptors (Lipinski definition) is 5. The van der Waals surface area contributed by atoms with Gasteiger partial charge in [-0.05, 0) is 18.9 Å². The zero-order valence-electron chi connectivity index (χ0n) is 11.1. The standard InChI is InChI=1S/C12H15ClN2O5S/c13-9-5-10(7-14-6-9)21(18,19)15-8-12(11(16)17)1-3-20-4-2-12/h5-7,15H,1-4,8H2,(H,16,17). The van der Waals surface area contributed by atoms with Gasteiger partial charge in [0.05, 0.1) is 10.4 Å². The van der Waals surface area contributed by atoms with E-state index in [1.165, 1.54) is 12.3 Å². The second-order valence-corrected chi connectivity index (χ2v) is 7.06. The molecule has 0 aromatic carbocycles. The van der Waals surface area contributed by atoms with Gasteiger partial charge in [0.15, 0.2) is 0 Å². The number of nitrogens with one attached hydrogen (secondary N) is 1. The Kier molecular flexibility index (Phi) is 4.82. The Hall–Kier alpha value is -1.22. The summed E-state index contributed by atoms with van der Waals surface area (Å²) in [5, 5.41) is 9.57. The molecule has 1 aromatic heterocycles. The predicted molar refractivity (Wildman–Crippen MR) is 74.6 cm³/mol. The van der Waals surface area contributed by atoms with Crippen LogP contribution in [0.3, 0.4) is 0 Å². The van der Waals surface area contributed by atoms with Gasteiger partial charge in [0, 0.05) is 32.2 Å². The normalized spacial score (nSPS) is 18.3. The van der Waals surface area contributed by atoms with E-state index in [1.54, 1.807) is 0 Å². The lowest BCUT2D eigenvalue weighted by molar-refractivity contribution is -0.154. The Balaban J connectivity index is 2.15. The summed E-state index contributed by atoms with van der Waals surface area (Å²) in [6, 6.07) is 1.26. The first-order valence-corrected chi connectivity index (χ1v) is 8.13. The number of pyridine rings is 1. The summed E-state index contributed by atoms with van der Waals surface area (Å²) in [7, 11) is -3.85. The lowest BCUT2D eigenvalue weighted by Gasteiger charge is -2.33. The van der Waals surface area contributed by atoms with Crippen molar-refractivity contribution in [1.82, 2.24) is 9.71 Å². The highest BCUT2D eigenvalue weighted by Gasteiger charge is 2.41. The molecule has 1 aromatic rings. The smallest absolute Gasteiger partial charge is 0.311 e. The second kappa shape index (κ2) is 6.27. The Morgan fingerprint density at radius 2 is 2.10 bits per heavy atom. The summed E-state index contributed by atoms with van der Waals surface area (Å²) in [5.74, 6) is -1.03. The number of aliphatic carboxylic acids is 1. The average Bonchev–Trinajstić information content (AvgIpc) is 2.46. The van der Waals surface area contributed by atoms with E-state index in [0.717, 1.165) is 6.20 Å². The third kappa shape index (κ3) is 3.70. The molecular formula is C12H15ClN2O5S. The summed E-state index contributed by atoms with van der Waals surface area (Å²) < 4.78 is 31.8. The largest absolute Gasteiger partial charge is 0.481 e. The van der Waals surface area contributed by atoms with Gasteiger partial charge < -0.3 is 9.84 Å². The fourth-order valence-electron chi connectivity index (χ4n) is 2.08. The molecule has 0 bridgehead atoms. The number of aromatic nitrogens is 1. The van der Waals surface area contributed by atoms with Crippen LogP contribution in [0.4, 0.5) is 0 Å². The van der Waals surface area contributed by atoms with E-state index in [9.17, 15) is 18.3 Å². The van der Waals surface area contributed by atoms with Crippen LogP contribution in [0.15, 0.2) is 23.4 Å². The van der Waals surface area contributed by atoms with Gasteiger partial charge in [0.2, 0.25) is 10.0 Å². The van der Waals surface area contributed by atoms with Crippen LogP contribution in [0.5, 0.6) is 0 Å². The van der Waals surface area contributed by atoms with Gasteiger partial charge in [-0.2, -0.15) is 0 Å². The van der Waals surface area contributed by atoms with Crippen LogP contribution in [0, 0.1) is 5.41 Å². The topological polar surface area (TPSA) is 106 Å². The molecule has 1 aliphatic rings. The van der Waals surface area contributed by atoms with Crippen molar-refractivity contribution in [2.24, 2.45) is 5.41 Å². The minimum absolute atomic E-state index is 0.0948. The molecule has 0 unspecified atom stereocenters. The predicted octanol–water partition coefficient (Wildman–Crippen LogP) is 0.895. The minimum atomic E-state index is -3.85. The van der Waals surface area contributed by atoms with E-state index in [2.05, 4.69) is 9.71 Å². The van der Waals surface area contributed by atoms with Crippen molar-refractivity contribution in [3.05, 3.63) is 23.5 Å². The molecule has 7 nitrogen and oxygen atoms in total. The maximum absolute atomic E-state index is 12.2. The summed E-state index contributed by atoms with van der Waals surface area (Å²) in [5.41, 5.74) is -1.14. The van der Waals surface area contributed by atoms with Crippen LogP contribution in [0.1, 0.15) is 12.8 Å². The number of halogens is 1. The zero-order valence-corrected chi connectivity index (χ0v) is 12.7. The Labute approximate surface area is 127 Å². The fraction of sp³-hybridized carbons (Fsp3) is 0.500. The summed E-state index contributed by atoms with van der Waals surface area (Å²) >= 11 is 5.71. The van der Waals surface area contributed by atoms with E-state index in [-0.39, 0.29) is 29.3 Å². The quantitative estimate of drug-likeness (QED) is 0.828. The molecule has 0 spiro atoms. The lowest BCUT2D eigenvalue weighted by atomic mass is 9.80. The number of nitrogens with zero attached hydrogens (tertiary/aromatic N) is 1. The first-order chi connectivity index (χ1) is 9.86. The van der Waals surface area contributed by atoms with E-state index in [1.807, 2.05) is 0 Å². The van der Waals surface area contributed by atoms with E-state index in [4.69, 9.17) is 16.3 Å². The van der Waals surface area contributed by atoms with Crippen LogP contribution >= 0.6 is 11.6 Å². The highest BCUT2D eigenvalue weighted by Crippen LogP contribution is 2.30. The second-order valence-electron chi connectivity index (χ2n) is 4.86. The first-order valence-electron chi connectivity index (χ1n) is 6.27. The molecule has 1 aliphatic heterocycles. The third-order valence-corrected chi connectivity index (χ3v) is 5.07. The van der Waals surface area contributed by atoms with Gasteiger partial charge in [-0.1, -0.05) is 11.6 Å². The van der Waals surface area contributed by atoms with Gasteiger partial charge in [0.1, 0.15) is 4.90 Å². The van der Waals surface area contributed by atoms with Crippen molar-refractivity contribution in [1.29, 1.82) is 0 Å².